The highest BCUT2D eigenvalue weighted by atomic mass is 32.1. The number of methoxy groups -OCH3 is 1. The van der Waals surface area contributed by atoms with Crippen LogP contribution in [0.3, 0.4) is 0 Å². The van der Waals surface area contributed by atoms with E-state index >= 15 is 0 Å². The quantitative estimate of drug-likeness (QED) is 0.433. The van der Waals surface area contributed by atoms with Crippen LogP contribution in [0.4, 0.5) is 0 Å². The Bertz CT molecular complexity index is 916. The minimum atomic E-state index is 0.760. The van der Waals surface area contributed by atoms with Gasteiger partial charge in [-0.3, -0.25) is 0 Å². The van der Waals surface area contributed by atoms with Crippen molar-refractivity contribution in [3.05, 3.63) is 64.7 Å². The molecule has 0 atom stereocenters. The molecule has 6 heteroatoms. The van der Waals surface area contributed by atoms with E-state index in [1.54, 1.807) is 7.11 Å². The average Bonchev–Trinajstić information content (AvgIpc) is 3.12. The molecule has 0 spiro atoms. The van der Waals surface area contributed by atoms with Crippen molar-refractivity contribution in [1.82, 2.24) is 19.6 Å². The van der Waals surface area contributed by atoms with Crippen molar-refractivity contribution in [3.63, 3.8) is 0 Å². The summed E-state index contributed by atoms with van der Waals surface area (Å²) >= 11 is 5.42. The Hall–Kier alpha value is -2.47. The Balaban J connectivity index is 1.47. The van der Waals surface area contributed by atoms with E-state index in [2.05, 4.69) is 33.9 Å². The fourth-order valence-electron chi connectivity index (χ4n) is 2.92. The van der Waals surface area contributed by atoms with E-state index in [1.165, 1.54) is 5.56 Å². The van der Waals surface area contributed by atoms with E-state index in [1.807, 2.05) is 41.3 Å². The summed E-state index contributed by atoms with van der Waals surface area (Å²) in [5.41, 5.74) is 3.30. The Morgan fingerprint density at radius 3 is 2.81 bits per heavy atom. The smallest absolute Gasteiger partial charge is 0.153 e. The molecule has 0 saturated carbocycles. The van der Waals surface area contributed by atoms with Gasteiger partial charge in [0.25, 0.3) is 0 Å². The molecule has 0 aliphatic rings. The number of rotatable bonds is 8. The monoisotopic (exact) mass is 368 g/mol. The Labute approximate surface area is 159 Å². The second-order valence-electron chi connectivity index (χ2n) is 6.38. The van der Waals surface area contributed by atoms with Crippen LogP contribution in [-0.2, 0) is 13.0 Å². The first kappa shape index (κ1) is 18.3. The molecule has 0 aliphatic carbocycles. The molecule has 0 amide bonds. The van der Waals surface area contributed by atoms with Gasteiger partial charge >= 0.3 is 0 Å². The highest BCUT2D eigenvalue weighted by Crippen LogP contribution is 2.14. The zero-order chi connectivity index (χ0) is 18.4. The van der Waals surface area contributed by atoms with E-state index in [0.717, 1.165) is 54.0 Å². The van der Waals surface area contributed by atoms with E-state index < -0.39 is 0 Å². The molecule has 2 aromatic heterocycles. The maximum Gasteiger partial charge on any atom is 0.153 e. The standard InChI is InChI=1S/C20H24N4OS/c1-16-8-6-10-18(14-16)24-15-17(21-22-24)9-4-3-5-12-23-13-7-11-19(25-2)20(23)26/h6-8,10-11,13-15H,3-5,9,12H2,1-2H3. The molecule has 0 aliphatic heterocycles. The molecule has 1 aromatic carbocycles. The van der Waals surface area contributed by atoms with Gasteiger partial charge in [-0.05, 0) is 56.0 Å². The molecule has 2 heterocycles. The van der Waals surface area contributed by atoms with Gasteiger partial charge in [0.2, 0.25) is 0 Å². The first-order chi connectivity index (χ1) is 12.7. The van der Waals surface area contributed by atoms with Gasteiger partial charge in [-0.15, -0.1) is 5.10 Å². The lowest BCUT2D eigenvalue weighted by molar-refractivity contribution is 0.405. The third-order valence-electron chi connectivity index (χ3n) is 4.34. The zero-order valence-electron chi connectivity index (χ0n) is 15.3. The van der Waals surface area contributed by atoms with E-state index in [0.29, 0.717) is 0 Å². The highest BCUT2D eigenvalue weighted by molar-refractivity contribution is 7.71. The van der Waals surface area contributed by atoms with E-state index in [-0.39, 0.29) is 0 Å². The van der Waals surface area contributed by atoms with Gasteiger partial charge in [0.05, 0.1) is 24.7 Å². The maximum absolute atomic E-state index is 5.42. The molecule has 3 rings (SSSR count). The van der Waals surface area contributed by atoms with Crippen LogP contribution in [0.25, 0.3) is 5.69 Å². The van der Waals surface area contributed by atoms with Crippen LogP contribution in [0.2, 0.25) is 0 Å². The van der Waals surface area contributed by atoms with Gasteiger partial charge in [-0.25, -0.2) is 4.68 Å². The van der Waals surface area contributed by atoms with Gasteiger partial charge in [0.1, 0.15) is 4.64 Å². The van der Waals surface area contributed by atoms with Crippen molar-refractivity contribution in [2.24, 2.45) is 0 Å². The fourth-order valence-corrected chi connectivity index (χ4v) is 3.22. The van der Waals surface area contributed by atoms with Crippen molar-refractivity contribution < 1.29 is 4.74 Å². The third-order valence-corrected chi connectivity index (χ3v) is 4.78. The zero-order valence-corrected chi connectivity index (χ0v) is 16.1. The molecular formula is C20H24N4OS. The predicted molar refractivity (Wildman–Crippen MR) is 105 cm³/mol. The maximum atomic E-state index is 5.42. The Kier molecular flexibility index (Phi) is 6.17. The van der Waals surface area contributed by atoms with Gasteiger partial charge in [0.15, 0.2) is 5.75 Å². The Morgan fingerprint density at radius 2 is 2.00 bits per heavy atom. The normalized spacial score (nSPS) is 10.8. The van der Waals surface area contributed by atoms with Crippen LogP contribution in [0, 0.1) is 11.6 Å². The molecule has 26 heavy (non-hydrogen) atoms. The number of hydrogen-bond acceptors (Lipinski definition) is 4. The first-order valence-corrected chi connectivity index (χ1v) is 9.30. The Morgan fingerprint density at radius 1 is 1.12 bits per heavy atom. The number of aromatic nitrogens is 4. The van der Waals surface area contributed by atoms with Crippen LogP contribution in [-0.4, -0.2) is 26.7 Å². The number of ether oxygens (including phenoxy) is 1. The summed E-state index contributed by atoms with van der Waals surface area (Å²) in [5, 5.41) is 8.53. The summed E-state index contributed by atoms with van der Waals surface area (Å²) in [6.45, 7) is 2.99. The lowest BCUT2D eigenvalue weighted by Gasteiger charge is -2.09. The largest absolute Gasteiger partial charge is 0.494 e. The SMILES string of the molecule is COc1cccn(CCCCCc2cn(-c3cccc(C)c3)nn2)c1=S. The summed E-state index contributed by atoms with van der Waals surface area (Å²) in [5.74, 6) is 0.760. The summed E-state index contributed by atoms with van der Waals surface area (Å²) < 4.78 is 9.95. The van der Waals surface area contributed by atoms with Crippen molar-refractivity contribution in [1.29, 1.82) is 0 Å². The molecule has 5 nitrogen and oxygen atoms in total. The minimum absolute atomic E-state index is 0.760. The lowest BCUT2D eigenvalue weighted by Crippen LogP contribution is -2.01. The molecule has 0 radical (unpaired) electrons. The summed E-state index contributed by atoms with van der Waals surface area (Å²) in [6, 6.07) is 12.1. The van der Waals surface area contributed by atoms with Crippen molar-refractivity contribution in [2.75, 3.05) is 7.11 Å². The van der Waals surface area contributed by atoms with Gasteiger partial charge in [-0.2, -0.15) is 0 Å². The number of benzene rings is 1. The second-order valence-corrected chi connectivity index (χ2v) is 6.77. The molecule has 136 valence electrons. The summed E-state index contributed by atoms with van der Waals surface area (Å²) in [7, 11) is 1.65. The fraction of sp³-hybridized carbons (Fsp3) is 0.350. The average molecular weight is 369 g/mol. The van der Waals surface area contributed by atoms with E-state index in [9.17, 15) is 0 Å². The molecular weight excluding hydrogens is 344 g/mol. The number of hydrogen-bond donors (Lipinski definition) is 0. The highest BCUT2D eigenvalue weighted by Gasteiger charge is 2.04. The number of nitrogens with zero attached hydrogens (tertiary/aromatic N) is 4. The van der Waals surface area contributed by atoms with Crippen LogP contribution in [0.1, 0.15) is 30.5 Å². The molecule has 0 saturated heterocycles. The number of aryl methyl sites for hydroxylation is 3. The first-order valence-electron chi connectivity index (χ1n) is 8.89. The molecule has 0 bridgehead atoms. The van der Waals surface area contributed by atoms with Crippen LogP contribution < -0.4 is 4.74 Å². The van der Waals surface area contributed by atoms with Crippen molar-refractivity contribution >= 4 is 12.2 Å². The topological polar surface area (TPSA) is 44.9 Å². The molecule has 0 N–H and O–H groups in total. The summed E-state index contributed by atoms with van der Waals surface area (Å²) in [6.07, 6.45) is 8.26. The van der Waals surface area contributed by atoms with Crippen LogP contribution in [0.15, 0.2) is 48.8 Å². The third kappa shape index (κ3) is 4.58. The van der Waals surface area contributed by atoms with E-state index in [4.69, 9.17) is 17.0 Å². The second kappa shape index (κ2) is 8.76. The van der Waals surface area contributed by atoms with Gasteiger partial charge < -0.3 is 9.30 Å². The van der Waals surface area contributed by atoms with Crippen molar-refractivity contribution in [3.8, 4) is 11.4 Å². The summed E-state index contributed by atoms with van der Waals surface area (Å²) in [4.78, 5) is 0. The predicted octanol–water partition coefficient (Wildman–Crippen LogP) is 4.53. The van der Waals surface area contributed by atoms with Gasteiger partial charge in [0, 0.05) is 12.7 Å². The number of unbranched alkanes of at least 4 members (excludes halogenated alkanes) is 2. The number of pyridine rings is 1. The minimum Gasteiger partial charge on any atom is -0.494 e. The molecule has 0 unspecified atom stereocenters. The van der Waals surface area contributed by atoms with Crippen LogP contribution in [0.5, 0.6) is 5.75 Å². The molecule has 0 fully saturated rings. The van der Waals surface area contributed by atoms with Crippen molar-refractivity contribution in [2.45, 2.75) is 39.2 Å². The van der Waals surface area contributed by atoms with Gasteiger partial charge in [-0.1, -0.05) is 36.0 Å². The molecule has 3 aromatic rings. The van der Waals surface area contributed by atoms with Crippen LogP contribution >= 0.6 is 12.2 Å². The lowest BCUT2D eigenvalue weighted by atomic mass is 10.1.